The van der Waals surface area contributed by atoms with Crippen LogP contribution in [0.4, 0.5) is 0 Å². The molecule has 0 atom stereocenters. The highest BCUT2D eigenvalue weighted by Crippen LogP contribution is 2.36. The molecule has 2 aromatic heterocycles. The minimum absolute atomic E-state index is 0.728. The van der Waals surface area contributed by atoms with Crippen LogP contribution >= 0.6 is 0 Å². The molecule has 0 aliphatic carbocycles. The second-order valence-corrected chi connectivity index (χ2v) is 8.57. The van der Waals surface area contributed by atoms with E-state index in [1.807, 2.05) is 67.7 Å². The van der Waals surface area contributed by atoms with Gasteiger partial charge in [-0.1, -0.05) is 66.7 Å². The lowest BCUT2D eigenvalue weighted by atomic mass is 10.0. The zero-order chi connectivity index (χ0) is 25.9. The molecule has 0 bridgehead atoms. The average molecular weight is 490 g/mol. The Morgan fingerprint density at radius 1 is 0.811 bits per heavy atom. The molecule has 0 aliphatic rings. The summed E-state index contributed by atoms with van der Waals surface area (Å²) < 4.78 is 2.07. The molecule has 5 rings (SSSR count). The van der Waals surface area contributed by atoms with Crippen LogP contribution in [0.1, 0.15) is 11.1 Å². The smallest absolute Gasteiger partial charge is 0.328 e. The van der Waals surface area contributed by atoms with E-state index in [9.17, 15) is 9.59 Å². The number of hydrogen-bond acceptors (Lipinski definition) is 3. The maximum atomic E-state index is 10.9. The van der Waals surface area contributed by atoms with Gasteiger partial charge in [-0.05, 0) is 29.3 Å². The number of rotatable bonds is 7. The van der Waals surface area contributed by atoms with E-state index in [1.165, 1.54) is 0 Å². The summed E-state index contributed by atoms with van der Waals surface area (Å²) in [5.41, 5.74) is 6.98. The van der Waals surface area contributed by atoms with Crippen LogP contribution in [0.3, 0.4) is 0 Å². The predicted octanol–water partition coefficient (Wildman–Crippen LogP) is 6.10. The zero-order valence-electron chi connectivity index (χ0n) is 19.9. The van der Waals surface area contributed by atoms with Crippen molar-refractivity contribution in [1.82, 2.24) is 14.5 Å². The van der Waals surface area contributed by atoms with Crippen LogP contribution in [-0.4, -0.2) is 36.7 Å². The third-order valence-electron chi connectivity index (χ3n) is 6.08. The first-order valence-corrected chi connectivity index (χ1v) is 11.6. The van der Waals surface area contributed by atoms with Gasteiger partial charge in [-0.3, -0.25) is 0 Å². The van der Waals surface area contributed by atoms with Gasteiger partial charge in [0.2, 0.25) is 0 Å². The van der Waals surface area contributed by atoms with Crippen LogP contribution in [0.2, 0.25) is 0 Å². The van der Waals surface area contributed by atoms with Gasteiger partial charge in [-0.15, -0.1) is 0 Å². The molecule has 37 heavy (non-hydrogen) atoms. The fourth-order valence-electron chi connectivity index (χ4n) is 4.30. The van der Waals surface area contributed by atoms with Crippen molar-refractivity contribution in [3.05, 3.63) is 102 Å². The molecular weight excluding hydrogens is 466 g/mol. The molecule has 0 radical (unpaired) electrons. The van der Waals surface area contributed by atoms with Gasteiger partial charge in [0.1, 0.15) is 5.82 Å². The molecule has 0 unspecified atom stereocenters. The zero-order valence-corrected chi connectivity index (χ0v) is 19.9. The number of hydrogen-bond donors (Lipinski definition) is 3. The van der Waals surface area contributed by atoms with Crippen molar-refractivity contribution in [3.8, 4) is 33.9 Å². The highest BCUT2D eigenvalue weighted by molar-refractivity contribution is 5.96. The van der Waals surface area contributed by atoms with E-state index in [4.69, 9.17) is 15.2 Å². The second-order valence-electron chi connectivity index (χ2n) is 8.57. The molecule has 3 aromatic carbocycles. The quantitative estimate of drug-likeness (QED) is 0.240. The molecule has 3 N–H and O–H groups in total. The van der Waals surface area contributed by atoms with Crippen LogP contribution in [0.15, 0.2) is 91.1 Å². The third kappa shape index (κ3) is 4.97. The lowest BCUT2D eigenvalue weighted by Crippen LogP contribution is -1.87. The van der Waals surface area contributed by atoms with E-state index >= 15 is 0 Å². The summed E-state index contributed by atoms with van der Waals surface area (Å²) in [6.07, 6.45) is 7.35. The maximum Gasteiger partial charge on any atom is 0.328 e. The number of nitrogens with zero attached hydrogens (tertiary/aromatic N) is 2. The summed E-state index contributed by atoms with van der Waals surface area (Å²) in [5.74, 6) is -1.27. The Bertz CT molecular complexity index is 1590. The van der Waals surface area contributed by atoms with Gasteiger partial charge >= 0.3 is 11.9 Å². The molecule has 5 aromatic rings. The molecular formula is C30H23N3O4. The molecule has 0 aliphatic heterocycles. The van der Waals surface area contributed by atoms with Gasteiger partial charge in [0.05, 0.1) is 11.4 Å². The summed E-state index contributed by atoms with van der Waals surface area (Å²) in [5, 5.41) is 18.9. The number of fused-ring (bicyclic) bond motifs is 1. The molecule has 7 heteroatoms. The van der Waals surface area contributed by atoms with E-state index in [2.05, 4.69) is 27.9 Å². The number of aromatic nitrogens is 3. The SMILES string of the molecule is Cn1cc(-c2nc(-c3ccc(C=CC(=O)O)cc3)c(-c3ccc(C=CC(=O)O)cc3)[nH]2)c2ccccc21. The van der Waals surface area contributed by atoms with Crippen molar-refractivity contribution >= 4 is 35.0 Å². The van der Waals surface area contributed by atoms with Crippen LogP contribution in [0.5, 0.6) is 0 Å². The normalized spacial score (nSPS) is 11.6. The fourth-order valence-corrected chi connectivity index (χ4v) is 4.30. The Morgan fingerprint density at radius 3 is 1.97 bits per heavy atom. The summed E-state index contributed by atoms with van der Waals surface area (Å²) >= 11 is 0. The number of aryl methyl sites for hydroxylation is 1. The number of carboxylic acid groups (broad SMARTS) is 2. The highest BCUT2D eigenvalue weighted by Gasteiger charge is 2.18. The molecule has 2 heterocycles. The van der Waals surface area contributed by atoms with Gasteiger partial charge in [0.25, 0.3) is 0 Å². The van der Waals surface area contributed by atoms with Crippen molar-refractivity contribution < 1.29 is 19.8 Å². The Hall–Kier alpha value is -5.17. The number of para-hydroxylation sites is 1. The van der Waals surface area contributed by atoms with Crippen LogP contribution in [0.25, 0.3) is 57.0 Å². The molecule has 182 valence electrons. The first-order chi connectivity index (χ1) is 17.9. The van der Waals surface area contributed by atoms with Crippen molar-refractivity contribution in [3.63, 3.8) is 0 Å². The monoisotopic (exact) mass is 489 g/mol. The Morgan fingerprint density at radius 2 is 1.38 bits per heavy atom. The first-order valence-electron chi connectivity index (χ1n) is 11.6. The number of nitrogens with one attached hydrogen (secondary N) is 1. The summed E-state index contributed by atoms with van der Waals surface area (Å²) in [7, 11) is 2.00. The topological polar surface area (TPSA) is 108 Å². The molecule has 0 spiro atoms. The van der Waals surface area contributed by atoms with E-state index in [1.54, 1.807) is 12.2 Å². The number of benzene rings is 3. The number of carbonyl (C=O) groups is 2. The minimum atomic E-state index is -1.000. The van der Waals surface area contributed by atoms with E-state index < -0.39 is 11.9 Å². The second kappa shape index (κ2) is 9.83. The average Bonchev–Trinajstić information content (AvgIpc) is 3.49. The number of aromatic amines is 1. The Labute approximate surface area is 212 Å². The highest BCUT2D eigenvalue weighted by atomic mass is 16.4. The van der Waals surface area contributed by atoms with Crippen LogP contribution < -0.4 is 0 Å². The van der Waals surface area contributed by atoms with Crippen LogP contribution in [-0.2, 0) is 16.6 Å². The number of carboxylic acids is 2. The molecule has 0 saturated carbocycles. The molecule has 0 amide bonds. The van der Waals surface area contributed by atoms with Gasteiger partial charge in [-0.2, -0.15) is 0 Å². The number of H-pyrrole nitrogens is 1. The predicted molar refractivity (Wildman–Crippen MR) is 145 cm³/mol. The number of imidazole rings is 1. The van der Waals surface area contributed by atoms with Gasteiger partial charge < -0.3 is 19.8 Å². The van der Waals surface area contributed by atoms with Crippen LogP contribution in [0, 0.1) is 0 Å². The summed E-state index contributed by atoms with van der Waals surface area (Å²) in [6.45, 7) is 0. The molecule has 7 nitrogen and oxygen atoms in total. The van der Waals surface area contributed by atoms with Crippen molar-refractivity contribution in [2.45, 2.75) is 0 Å². The van der Waals surface area contributed by atoms with Gasteiger partial charge in [-0.25, -0.2) is 14.6 Å². The Kier molecular flexibility index (Phi) is 6.26. The Balaban J connectivity index is 1.62. The van der Waals surface area contributed by atoms with Crippen molar-refractivity contribution in [2.24, 2.45) is 7.05 Å². The van der Waals surface area contributed by atoms with Gasteiger partial charge in [0.15, 0.2) is 0 Å². The maximum absolute atomic E-state index is 10.9. The number of aliphatic carboxylic acids is 2. The lowest BCUT2D eigenvalue weighted by molar-refractivity contribution is -0.132. The third-order valence-corrected chi connectivity index (χ3v) is 6.08. The van der Waals surface area contributed by atoms with Gasteiger partial charge in [0, 0.05) is 53.0 Å². The van der Waals surface area contributed by atoms with E-state index in [0.717, 1.165) is 68.1 Å². The lowest BCUT2D eigenvalue weighted by Gasteiger charge is -2.05. The molecule has 0 saturated heterocycles. The van der Waals surface area contributed by atoms with E-state index in [-0.39, 0.29) is 0 Å². The standard InChI is InChI=1S/C30H23N3O4/c1-33-18-24(23-4-2-3-5-25(23)33)30-31-28(21-12-6-19(7-13-21)10-16-26(34)35)29(32-30)22-14-8-20(9-15-22)11-17-27(36)37/h2-18H,1H3,(H,31,32)(H,34,35)(H,36,37). The van der Waals surface area contributed by atoms with Crippen molar-refractivity contribution in [2.75, 3.05) is 0 Å². The molecule has 0 fully saturated rings. The fraction of sp³-hybridized carbons (Fsp3) is 0.0333. The van der Waals surface area contributed by atoms with E-state index in [0.29, 0.717) is 0 Å². The first kappa shape index (κ1) is 23.6. The summed E-state index contributed by atoms with van der Waals surface area (Å²) in [6, 6.07) is 23.2. The summed E-state index contributed by atoms with van der Waals surface area (Å²) in [4.78, 5) is 30.2. The largest absolute Gasteiger partial charge is 0.478 e. The van der Waals surface area contributed by atoms with Crippen molar-refractivity contribution in [1.29, 1.82) is 0 Å². The minimum Gasteiger partial charge on any atom is -0.478 e.